The summed E-state index contributed by atoms with van der Waals surface area (Å²) in [7, 11) is -4.40. The molecule has 1 heterocycles. The van der Waals surface area contributed by atoms with Gasteiger partial charge in [0.2, 0.25) is 11.2 Å². The molecule has 0 saturated carbocycles. The summed E-state index contributed by atoms with van der Waals surface area (Å²) >= 11 is 0. The lowest BCUT2D eigenvalue weighted by atomic mass is 10.1. The van der Waals surface area contributed by atoms with Gasteiger partial charge < -0.3 is 23.9 Å². The van der Waals surface area contributed by atoms with Crippen LogP contribution in [0.5, 0.6) is 23.0 Å². The molecule has 0 aliphatic heterocycles. The molecule has 9 heteroatoms. The van der Waals surface area contributed by atoms with Gasteiger partial charge >= 0.3 is 10.1 Å². The number of phenols is 3. The van der Waals surface area contributed by atoms with Crippen LogP contribution in [0.25, 0.3) is 22.3 Å². The van der Waals surface area contributed by atoms with Crippen LogP contribution in [0.3, 0.4) is 0 Å². The van der Waals surface area contributed by atoms with Gasteiger partial charge in [0.1, 0.15) is 16.2 Å². The Morgan fingerprint density at radius 2 is 1.58 bits per heavy atom. The van der Waals surface area contributed by atoms with Crippen molar-refractivity contribution in [3.05, 3.63) is 76.5 Å². The lowest BCUT2D eigenvalue weighted by Crippen LogP contribution is -2.17. The summed E-state index contributed by atoms with van der Waals surface area (Å²) in [5, 5.41) is 29.1. The van der Waals surface area contributed by atoms with Gasteiger partial charge in [-0.15, -0.1) is 0 Å². The van der Waals surface area contributed by atoms with Gasteiger partial charge in [-0.05, 0) is 49.4 Å². The summed E-state index contributed by atoms with van der Waals surface area (Å²) in [6.45, 7) is 1.79. The van der Waals surface area contributed by atoms with E-state index in [2.05, 4.69) is 0 Å². The smallest absolute Gasteiger partial charge is 0.339 e. The lowest BCUT2D eigenvalue weighted by molar-refractivity contribution is 0.403. The van der Waals surface area contributed by atoms with Crippen molar-refractivity contribution in [3.63, 3.8) is 0 Å². The number of hydrogen-bond acceptors (Lipinski definition) is 8. The Balaban J connectivity index is 1.97. The SMILES string of the molecule is Cc1ccc(S(=O)(=O)Oc2c(-c3ccc(O)c(O)c3)oc3cc(O)ccc3c2=O)cc1. The maximum atomic E-state index is 13.1. The van der Waals surface area contributed by atoms with Crippen LogP contribution in [-0.4, -0.2) is 23.7 Å². The molecule has 0 fully saturated rings. The molecule has 8 nitrogen and oxygen atoms in total. The monoisotopic (exact) mass is 440 g/mol. The zero-order valence-electron chi connectivity index (χ0n) is 16.1. The van der Waals surface area contributed by atoms with Gasteiger partial charge in [-0.25, -0.2) is 0 Å². The first-order valence-corrected chi connectivity index (χ1v) is 10.4. The third-order valence-corrected chi connectivity index (χ3v) is 5.81. The van der Waals surface area contributed by atoms with E-state index in [1.54, 1.807) is 19.1 Å². The minimum atomic E-state index is -4.40. The van der Waals surface area contributed by atoms with E-state index in [1.165, 1.54) is 36.4 Å². The quantitative estimate of drug-likeness (QED) is 0.323. The Labute approximate surface area is 176 Å². The molecule has 3 aromatic carbocycles. The molecule has 0 aliphatic carbocycles. The van der Waals surface area contributed by atoms with Gasteiger partial charge in [0.25, 0.3) is 0 Å². The number of aryl methyl sites for hydroxylation is 1. The summed E-state index contributed by atoms with van der Waals surface area (Å²) < 4.78 is 36.6. The highest BCUT2D eigenvalue weighted by Crippen LogP contribution is 2.37. The highest BCUT2D eigenvalue weighted by molar-refractivity contribution is 7.87. The molecule has 158 valence electrons. The Hall–Kier alpha value is -3.98. The van der Waals surface area contributed by atoms with E-state index >= 15 is 0 Å². The molecule has 0 saturated heterocycles. The summed E-state index contributed by atoms with van der Waals surface area (Å²) in [6.07, 6.45) is 0. The van der Waals surface area contributed by atoms with Crippen LogP contribution in [0.15, 0.2) is 74.8 Å². The van der Waals surface area contributed by atoms with Crippen molar-refractivity contribution in [2.75, 3.05) is 0 Å². The van der Waals surface area contributed by atoms with Crippen LogP contribution >= 0.6 is 0 Å². The van der Waals surface area contributed by atoms with E-state index in [-0.39, 0.29) is 32.9 Å². The van der Waals surface area contributed by atoms with E-state index < -0.39 is 32.8 Å². The molecule has 1 aromatic heterocycles. The minimum Gasteiger partial charge on any atom is -0.508 e. The predicted molar refractivity (Wildman–Crippen MR) is 112 cm³/mol. The number of rotatable bonds is 4. The van der Waals surface area contributed by atoms with E-state index in [4.69, 9.17) is 8.60 Å². The highest BCUT2D eigenvalue weighted by Gasteiger charge is 2.25. The van der Waals surface area contributed by atoms with Crippen molar-refractivity contribution in [1.82, 2.24) is 0 Å². The molecule has 0 radical (unpaired) electrons. The summed E-state index contributed by atoms with van der Waals surface area (Å²) in [5.41, 5.74) is 0.100. The van der Waals surface area contributed by atoms with Gasteiger partial charge in [-0.2, -0.15) is 8.42 Å². The number of fused-ring (bicyclic) bond motifs is 1. The zero-order valence-corrected chi connectivity index (χ0v) is 16.9. The molecule has 0 amide bonds. The Kier molecular flexibility index (Phi) is 4.82. The molecule has 0 spiro atoms. The molecular weight excluding hydrogens is 424 g/mol. The average molecular weight is 440 g/mol. The van der Waals surface area contributed by atoms with Crippen LogP contribution in [-0.2, 0) is 10.1 Å². The Morgan fingerprint density at radius 1 is 0.871 bits per heavy atom. The van der Waals surface area contributed by atoms with Gasteiger partial charge in [-0.3, -0.25) is 4.79 Å². The third-order valence-electron chi connectivity index (χ3n) is 4.57. The minimum absolute atomic E-state index is 0.0151. The first-order valence-electron chi connectivity index (χ1n) is 8.99. The van der Waals surface area contributed by atoms with Crippen molar-refractivity contribution in [3.8, 4) is 34.3 Å². The van der Waals surface area contributed by atoms with Crippen LogP contribution in [0, 0.1) is 6.92 Å². The third kappa shape index (κ3) is 3.78. The van der Waals surface area contributed by atoms with E-state index in [1.807, 2.05) is 0 Å². The fourth-order valence-electron chi connectivity index (χ4n) is 2.96. The van der Waals surface area contributed by atoms with Crippen molar-refractivity contribution >= 4 is 21.1 Å². The molecule has 0 bridgehead atoms. The fraction of sp³-hybridized carbons (Fsp3) is 0.0455. The second-order valence-corrected chi connectivity index (χ2v) is 8.37. The second-order valence-electron chi connectivity index (χ2n) is 6.82. The van der Waals surface area contributed by atoms with E-state index in [0.717, 1.165) is 17.7 Å². The standard InChI is InChI=1S/C22H16O8S/c1-12-2-6-15(7-3-12)31(27,28)30-22-20(26)16-8-5-14(23)11-19(16)29-21(22)13-4-9-17(24)18(25)10-13/h2-11,23-25H,1H3. The summed E-state index contributed by atoms with van der Waals surface area (Å²) in [6, 6.07) is 13.1. The van der Waals surface area contributed by atoms with Crippen LogP contribution in [0.1, 0.15) is 5.56 Å². The molecule has 0 unspecified atom stereocenters. The first-order chi connectivity index (χ1) is 14.7. The summed E-state index contributed by atoms with van der Waals surface area (Å²) in [5.74, 6) is -2.02. The number of benzene rings is 3. The summed E-state index contributed by atoms with van der Waals surface area (Å²) in [4.78, 5) is 12.9. The normalized spacial score (nSPS) is 11.5. The number of hydrogen-bond donors (Lipinski definition) is 3. The van der Waals surface area contributed by atoms with Crippen molar-refractivity contribution in [2.24, 2.45) is 0 Å². The first kappa shape index (κ1) is 20.3. The van der Waals surface area contributed by atoms with Crippen LogP contribution in [0.4, 0.5) is 0 Å². The van der Waals surface area contributed by atoms with Crippen molar-refractivity contribution in [1.29, 1.82) is 0 Å². The van der Waals surface area contributed by atoms with Crippen molar-refractivity contribution < 1.29 is 32.3 Å². The molecule has 4 rings (SSSR count). The molecule has 4 aromatic rings. The molecule has 0 atom stereocenters. The van der Waals surface area contributed by atoms with Crippen LogP contribution in [0.2, 0.25) is 0 Å². The Bertz CT molecular complexity index is 1470. The highest BCUT2D eigenvalue weighted by atomic mass is 32.2. The van der Waals surface area contributed by atoms with Gasteiger partial charge in [0.05, 0.1) is 5.39 Å². The molecule has 0 aliphatic rings. The van der Waals surface area contributed by atoms with Gasteiger partial charge in [0.15, 0.2) is 17.3 Å². The lowest BCUT2D eigenvalue weighted by Gasteiger charge is -2.12. The Morgan fingerprint density at radius 3 is 2.26 bits per heavy atom. The maximum Gasteiger partial charge on any atom is 0.339 e. The van der Waals surface area contributed by atoms with Crippen molar-refractivity contribution in [2.45, 2.75) is 11.8 Å². The number of aromatic hydroxyl groups is 3. The topological polar surface area (TPSA) is 134 Å². The molecular formula is C22H16O8S. The zero-order chi connectivity index (χ0) is 22.3. The van der Waals surface area contributed by atoms with Gasteiger partial charge in [-0.1, -0.05) is 17.7 Å². The predicted octanol–water partition coefficient (Wildman–Crippen LogP) is 3.65. The van der Waals surface area contributed by atoms with E-state index in [9.17, 15) is 28.5 Å². The largest absolute Gasteiger partial charge is 0.508 e. The fourth-order valence-corrected chi connectivity index (χ4v) is 3.89. The molecule has 3 N–H and O–H groups in total. The maximum absolute atomic E-state index is 13.1. The van der Waals surface area contributed by atoms with Crippen LogP contribution < -0.4 is 9.61 Å². The average Bonchev–Trinajstić information content (AvgIpc) is 2.72. The van der Waals surface area contributed by atoms with Gasteiger partial charge in [0, 0.05) is 11.6 Å². The molecule has 31 heavy (non-hydrogen) atoms. The number of phenolic OH excluding ortho intramolecular Hbond substituents is 3. The van der Waals surface area contributed by atoms with E-state index in [0.29, 0.717) is 0 Å². The second kappa shape index (κ2) is 7.37.